The second-order valence-corrected chi connectivity index (χ2v) is 8.25. The minimum atomic E-state index is 0.0138. The highest BCUT2D eigenvalue weighted by molar-refractivity contribution is 8.16. The van der Waals surface area contributed by atoms with E-state index in [2.05, 4.69) is 17.2 Å². The Bertz CT molecular complexity index is 641. The summed E-state index contributed by atoms with van der Waals surface area (Å²) < 4.78 is 7.35. The summed E-state index contributed by atoms with van der Waals surface area (Å²) in [7, 11) is 1.89. The molecule has 1 heterocycles. The molecule has 0 aliphatic heterocycles. The van der Waals surface area contributed by atoms with Gasteiger partial charge < -0.3 is 9.84 Å². The Labute approximate surface area is 145 Å². The largest absolute Gasteiger partial charge is 0.491 e. The van der Waals surface area contributed by atoms with Crippen LogP contribution in [0.15, 0.2) is 29.3 Å². The molecule has 23 heavy (non-hydrogen) atoms. The second kappa shape index (κ2) is 8.13. The van der Waals surface area contributed by atoms with Crippen LogP contribution in [0.3, 0.4) is 0 Å². The van der Waals surface area contributed by atoms with E-state index in [0.29, 0.717) is 6.61 Å². The van der Waals surface area contributed by atoms with Crippen molar-refractivity contribution in [3.63, 3.8) is 0 Å². The monoisotopic (exact) mass is 349 g/mol. The molecule has 1 radical (unpaired) electrons. The van der Waals surface area contributed by atoms with Gasteiger partial charge in [0.2, 0.25) is 0 Å². The zero-order valence-electron chi connectivity index (χ0n) is 13.2. The van der Waals surface area contributed by atoms with Crippen molar-refractivity contribution in [3.05, 3.63) is 30.5 Å². The molecule has 1 aromatic carbocycles. The molecule has 0 saturated heterocycles. The van der Waals surface area contributed by atoms with E-state index in [9.17, 15) is 0 Å². The van der Waals surface area contributed by atoms with Crippen LogP contribution in [0.5, 0.6) is 5.75 Å². The van der Waals surface area contributed by atoms with Crippen molar-refractivity contribution in [2.75, 3.05) is 18.3 Å². The average Bonchev–Trinajstić information content (AvgIpc) is 2.94. The quantitative estimate of drug-likeness (QED) is 0.583. The molecule has 2 aromatic rings. The third-order valence-corrected chi connectivity index (χ3v) is 6.27. The Hall–Kier alpha value is -1.11. The zero-order valence-corrected chi connectivity index (χ0v) is 14.8. The number of hydrogen-bond donors (Lipinski definition) is 1. The van der Waals surface area contributed by atoms with Crippen LogP contribution in [0.2, 0.25) is 0 Å². The highest BCUT2D eigenvalue weighted by Gasteiger charge is 2.17. The number of hydrogen-bond acceptors (Lipinski definition) is 5. The van der Waals surface area contributed by atoms with Gasteiger partial charge in [-0.15, -0.1) is 23.5 Å². The number of aliphatic hydroxyl groups is 1. The molecule has 0 unspecified atom stereocenters. The van der Waals surface area contributed by atoms with Crippen LogP contribution in [0, 0.1) is 6.07 Å². The molecule has 123 valence electrons. The molecule has 4 nitrogen and oxygen atoms in total. The van der Waals surface area contributed by atoms with E-state index >= 15 is 0 Å². The summed E-state index contributed by atoms with van der Waals surface area (Å²) in [6.07, 6.45) is 5.92. The Morgan fingerprint density at radius 1 is 1.39 bits per heavy atom. The fraction of sp³-hybridized carbons (Fsp3) is 0.471. The van der Waals surface area contributed by atoms with E-state index in [1.54, 1.807) is 4.68 Å². The Balaban J connectivity index is 1.73. The average molecular weight is 350 g/mol. The number of aliphatic hydroxyl groups excluding tert-OH is 1. The van der Waals surface area contributed by atoms with Gasteiger partial charge in [0.05, 0.1) is 6.61 Å². The highest BCUT2D eigenvalue weighted by Crippen LogP contribution is 2.37. The fourth-order valence-electron chi connectivity index (χ4n) is 2.29. The zero-order chi connectivity index (χ0) is 16.1. The van der Waals surface area contributed by atoms with Crippen molar-refractivity contribution in [3.8, 4) is 17.0 Å². The second-order valence-electron chi connectivity index (χ2n) is 5.54. The summed E-state index contributed by atoms with van der Waals surface area (Å²) in [6.45, 7) is 0.316. The van der Waals surface area contributed by atoms with Crippen LogP contribution < -0.4 is 4.74 Å². The molecule has 0 atom stereocenters. The summed E-state index contributed by atoms with van der Waals surface area (Å²) in [4.78, 5) is 1.17. The lowest BCUT2D eigenvalue weighted by atomic mass is 10.0. The van der Waals surface area contributed by atoms with Crippen molar-refractivity contribution in [1.29, 1.82) is 0 Å². The molecule has 1 fully saturated rings. The Morgan fingerprint density at radius 3 is 2.91 bits per heavy atom. The molecule has 1 saturated carbocycles. The Morgan fingerprint density at radius 2 is 2.26 bits per heavy atom. The molecule has 0 bridgehead atoms. The predicted molar refractivity (Wildman–Crippen MR) is 96.0 cm³/mol. The van der Waals surface area contributed by atoms with Gasteiger partial charge in [-0.3, -0.25) is 4.68 Å². The number of rotatable bonds is 8. The summed E-state index contributed by atoms with van der Waals surface area (Å²) in [5.41, 5.74) is 1.81. The SMILES string of the molecule is Cn1c[c]c(-c2cc(OCCO)cc(SCSC3CCC3)c2)n1. The maximum absolute atomic E-state index is 8.97. The first kappa shape index (κ1) is 16.7. The molecule has 3 rings (SSSR count). The molecule has 1 N–H and O–H groups in total. The minimum absolute atomic E-state index is 0.0138. The third kappa shape index (κ3) is 4.68. The Kier molecular flexibility index (Phi) is 5.91. The maximum atomic E-state index is 8.97. The van der Waals surface area contributed by atoms with Gasteiger partial charge in [-0.2, -0.15) is 5.10 Å². The van der Waals surface area contributed by atoms with Gasteiger partial charge >= 0.3 is 0 Å². The van der Waals surface area contributed by atoms with Crippen LogP contribution in [0.25, 0.3) is 11.3 Å². The smallest absolute Gasteiger partial charge is 0.121 e. The lowest BCUT2D eigenvalue weighted by molar-refractivity contribution is 0.201. The van der Waals surface area contributed by atoms with Crippen molar-refractivity contribution in [1.82, 2.24) is 9.78 Å². The number of benzene rings is 1. The number of aromatic nitrogens is 2. The van der Waals surface area contributed by atoms with Crippen LogP contribution in [0.1, 0.15) is 19.3 Å². The first-order chi connectivity index (χ1) is 11.2. The van der Waals surface area contributed by atoms with Gasteiger partial charge in [0.15, 0.2) is 0 Å². The lowest BCUT2D eigenvalue weighted by Crippen LogP contribution is -2.12. The molecule has 6 heteroatoms. The minimum Gasteiger partial charge on any atom is -0.491 e. The van der Waals surface area contributed by atoms with E-state index in [4.69, 9.17) is 9.84 Å². The maximum Gasteiger partial charge on any atom is 0.121 e. The van der Waals surface area contributed by atoms with Gasteiger partial charge in [0, 0.05) is 40.1 Å². The number of aryl methyl sites for hydroxylation is 1. The number of thioether (sulfide) groups is 2. The predicted octanol–water partition coefficient (Wildman–Crippen LogP) is 3.59. The van der Waals surface area contributed by atoms with E-state index in [-0.39, 0.29) is 6.61 Å². The van der Waals surface area contributed by atoms with Crippen molar-refractivity contribution < 1.29 is 9.84 Å². The molecule has 1 aromatic heterocycles. The summed E-state index contributed by atoms with van der Waals surface area (Å²) in [5, 5.41) is 15.3. The van der Waals surface area contributed by atoms with Gasteiger partial charge in [0.1, 0.15) is 18.1 Å². The lowest BCUT2D eigenvalue weighted by Gasteiger charge is -2.24. The molecule has 0 spiro atoms. The molecule has 1 aliphatic rings. The van der Waals surface area contributed by atoms with Crippen LogP contribution in [0.4, 0.5) is 0 Å². The van der Waals surface area contributed by atoms with E-state index in [0.717, 1.165) is 27.3 Å². The van der Waals surface area contributed by atoms with Gasteiger partial charge in [0.25, 0.3) is 0 Å². The van der Waals surface area contributed by atoms with Gasteiger partial charge in [-0.1, -0.05) is 6.42 Å². The van der Waals surface area contributed by atoms with Crippen LogP contribution >= 0.6 is 23.5 Å². The normalized spacial score (nSPS) is 14.7. The first-order valence-electron chi connectivity index (χ1n) is 7.79. The van der Waals surface area contributed by atoms with Crippen molar-refractivity contribution >= 4 is 23.5 Å². The third-order valence-electron chi connectivity index (χ3n) is 3.74. The number of nitrogens with zero attached hydrogens (tertiary/aromatic N) is 2. The van der Waals surface area contributed by atoms with E-state index in [1.807, 2.05) is 48.9 Å². The van der Waals surface area contributed by atoms with Gasteiger partial charge in [-0.25, -0.2) is 0 Å². The fourth-order valence-corrected chi connectivity index (χ4v) is 4.95. The molecular weight excluding hydrogens is 328 g/mol. The van der Waals surface area contributed by atoms with Crippen molar-refractivity contribution in [2.45, 2.75) is 29.4 Å². The topological polar surface area (TPSA) is 47.3 Å². The standard InChI is InChI=1S/C17H21N2O2S2/c1-19-6-5-17(18-19)13-9-14(21-8-7-20)11-16(10-13)23-12-22-15-3-2-4-15/h6,9-11,15,20H,2-4,7-8,12H2,1H3. The summed E-state index contributed by atoms with van der Waals surface area (Å²) >= 11 is 3.88. The van der Waals surface area contributed by atoms with Crippen molar-refractivity contribution in [2.24, 2.45) is 7.05 Å². The molecular formula is C17H21N2O2S2. The first-order valence-corrected chi connectivity index (χ1v) is 9.83. The molecule has 1 aliphatic carbocycles. The summed E-state index contributed by atoms with van der Waals surface area (Å²) in [6, 6.07) is 9.28. The highest BCUT2D eigenvalue weighted by atomic mass is 32.2. The number of ether oxygens (including phenoxy) is 1. The summed E-state index contributed by atoms with van der Waals surface area (Å²) in [5.74, 6) is 0.770. The molecule has 0 amide bonds. The van der Waals surface area contributed by atoms with Gasteiger partial charge in [-0.05, 0) is 31.0 Å². The van der Waals surface area contributed by atoms with Crippen LogP contribution in [-0.4, -0.2) is 38.4 Å². The van der Waals surface area contributed by atoms with E-state index < -0.39 is 0 Å². The van der Waals surface area contributed by atoms with Crippen LogP contribution in [-0.2, 0) is 7.05 Å². The van der Waals surface area contributed by atoms with E-state index in [1.165, 1.54) is 24.2 Å².